The van der Waals surface area contributed by atoms with Gasteiger partial charge in [0.25, 0.3) is 5.91 Å². The number of carbonyl (C=O) groups is 2. The van der Waals surface area contributed by atoms with Gasteiger partial charge in [0, 0.05) is 0 Å². The first kappa shape index (κ1) is 13.3. The normalized spacial score (nSPS) is 11.6. The number of imide groups is 1. The second kappa shape index (κ2) is 6.15. The molecule has 2 N–H and O–H groups in total. The van der Waals surface area contributed by atoms with Crippen molar-refractivity contribution in [2.24, 2.45) is 0 Å². The molecule has 98 valence electrons. The summed E-state index contributed by atoms with van der Waals surface area (Å²) in [5.41, 5.74) is 0.987. The third-order valence-electron chi connectivity index (χ3n) is 2.62. The molecular formula is C14H14N2O2S. The van der Waals surface area contributed by atoms with E-state index in [1.807, 2.05) is 37.3 Å². The van der Waals surface area contributed by atoms with Crippen molar-refractivity contribution in [1.29, 1.82) is 0 Å². The molecule has 1 atom stereocenters. The number of thiophene rings is 1. The standard InChI is InChI=1S/C14H14N2O2S/c1-10(11-6-3-2-4-7-11)15-14(18)16-13(17)12-8-5-9-19-12/h2-10H,1H3,(H2,15,16,17,18). The van der Waals surface area contributed by atoms with Crippen LogP contribution < -0.4 is 10.6 Å². The van der Waals surface area contributed by atoms with Crippen molar-refractivity contribution in [3.63, 3.8) is 0 Å². The van der Waals surface area contributed by atoms with E-state index in [2.05, 4.69) is 10.6 Å². The summed E-state index contributed by atoms with van der Waals surface area (Å²) in [7, 11) is 0. The van der Waals surface area contributed by atoms with Crippen LogP contribution in [-0.2, 0) is 0 Å². The summed E-state index contributed by atoms with van der Waals surface area (Å²) in [6, 6.07) is 12.4. The summed E-state index contributed by atoms with van der Waals surface area (Å²) in [6.45, 7) is 1.87. The van der Waals surface area contributed by atoms with E-state index in [4.69, 9.17) is 0 Å². The van der Waals surface area contributed by atoms with E-state index in [9.17, 15) is 9.59 Å². The minimum atomic E-state index is -0.491. The van der Waals surface area contributed by atoms with Crippen LogP contribution in [0.15, 0.2) is 47.8 Å². The Hall–Kier alpha value is -2.14. The van der Waals surface area contributed by atoms with Crippen molar-refractivity contribution in [1.82, 2.24) is 10.6 Å². The summed E-state index contributed by atoms with van der Waals surface area (Å²) in [4.78, 5) is 23.9. The highest BCUT2D eigenvalue weighted by Crippen LogP contribution is 2.11. The van der Waals surface area contributed by atoms with Crippen LogP contribution in [0.5, 0.6) is 0 Å². The highest BCUT2D eigenvalue weighted by Gasteiger charge is 2.13. The predicted molar refractivity (Wildman–Crippen MR) is 75.2 cm³/mol. The van der Waals surface area contributed by atoms with Crippen molar-refractivity contribution in [2.75, 3.05) is 0 Å². The molecule has 2 aromatic rings. The lowest BCUT2D eigenvalue weighted by atomic mass is 10.1. The number of hydrogen-bond acceptors (Lipinski definition) is 3. The maximum Gasteiger partial charge on any atom is 0.322 e. The number of benzene rings is 1. The topological polar surface area (TPSA) is 58.2 Å². The van der Waals surface area contributed by atoms with Crippen LogP contribution in [0.1, 0.15) is 28.2 Å². The fourth-order valence-electron chi connectivity index (χ4n) is 1.63. The zero-order chi connectivity index (χ0) is 13.7. The van der Waals surface area contributed by atoms with E-state index >= 15 is 0 Å². The van der Waals surface area contributed by atoms with E-state index in [1.54, 1.807) is 17.5 Å². The lowest BCUT2D eigenvalue weighted by Crippen LogP contribution is -2.40. The minimum absolute atomic E-state index is 0.155. The lowest BCUT2D eigenvalue weighted by Gasteiger charge is -2.14. The largest absolute Gasteiger partial charge is 0.331 e. The van der Waals surface area contributed by atoms with Gasteiger partial charge in [-0.05, 0) is 23.9 Å². The van der Waals surface area contributed by atoms with Crippen molar-refractivity contribution >= 4 is 23.3 Å². The Bertz CT molecular complexity index is 552. The highest BCUT2D eigenvalue weighted by atomic mass is 32.1. The zero-order valence-electron chi connectivity index (χ0n) is 10.4. The first-order chi connectivity index (χ1) is 9.16. The number of urea groups is 1. The Morgan fingerprint density at radius 2 is 1.84 bits per heavy atom. The Labute approximate surface area is 115 Å². The molecular weight excluding hydrogens is 260 g/mol. The lowest BCUT2D eigenvalue weighted by molar-refractivity contribution is 0.0967. The molecule has 3 amide bonds. The molecule has 2 rings (SSSR count). The third-order valence-corrected chi connectivity index (χ3v) is 3.49. The SMILES string of the molecule is CC(NC(=O)NC(=O)c1cccs1)c1ccccc1. The first-order valence-corrected chi connectivity index (χ1v) is 6.75. The van der Waals surface area contributed by atoms with E-state index in [-0.39, 0.29) is 11.9 Å². The summed E-state index contributed by atoms with van der Waals surface area (Å²) >= 11 is 1.30. The summed E-state index contributed by atoms with van der Waals surface area (Å²) in [5.74, 6) is -0.382. The van der Waals surface area contributed by atoms with Crippen LogP contribution in [0.25, 0.3) is 0 Å². The van der Waals surface area contributed by atoms with Gasteiger partial charge in [0.05, 0.1) is 10.9 Å². The van der Waals surface area contributed by atoms with Gasteiger partial charge >= 0.3 is 6.03 Å². The predicted octanol–water partition coefficient (Wildman–Crippen LogP) is 2.95. The molecule has 1 aromatic heterocycles. The third kappa shape index (κ3) is 3.66. The van der Waals surface area contributed by atoms with Crippen molar-refractivity contribution < 1.29 is 9.59 Å². The quantitative estimate of drug-likeness (QED) is 0.904. The van der Waals surface area contributed by atoms with Gasteiger partial charge in [0.2, 0.25) is 0 Å². The summed E-state index contributed by atoms with van der Waals surface area (Å²) < 4.78 is 0. The number of hydrogen-bond donors (Lipinski definition) is 2. The summed E-state index contributed by atoms with van der Waals surface area (Å²) in [5, 5.41) is 6.82. The molecule has 1 heterocycles. The summed E-state index contributed by atoms with van der Waals surface area (Å²) in [6.07, 6.45) is 0. The van der Waals surface area contributed by atoms with E-state index < -0.39 is 6.03 Å². The molecule has 1 aromatic carbocycles. The van der Waals surface area contributed by atoms with Crippen LogP contribution in [0, 0.1) is 0 Å². The number of rotatable bonds is 3. The van der Waals surface area contributed by atoms with Crippen LogP contribution in [0.3, 0.4) is 0 Å². The Morgan fingerprint density at radius 1 is 1.11 bits per heavy atom. The van der Waals surface area contributed by atoms with Gasteiger partial charge in [-0.25, -0.2) is 4.79 Å². The van der Waals surface area contributed by atoms with Gasteiger partial charge in [0.1, 0.15) is 0 Å². The van der Waals surface area contributed by atoms with Crippen LogP contribution >= 0.6 is 11.3 Å². The van der Waals surface area contributed by atoms with Crippen molar-refractivity contribution in [3.8, 4) is 0 Å². The molecule has 1 unspecified atom stereocenters. The minimum Gasteiger partial charge on any atom is -0.331 e. The molecule has 0 aliphatic carbocycles. The number of amides is 3. The van der Waals surface area contributed by atoms with Gasteiger partial charge in [-0.15, -0.1) is 11.3 Å². The molecule has 0 saturated carbocycles. The van der Waals surface area contributed by atoms with Crippen LogP contribution in [-0.4, -0.2) is 11.9 Å². The van der Waals surface area contributed by atoms with E-state index in [0.717, 1.165) is 5.56 Å². The van der Waals surface area contributed by atoms with Gasteiger partial charge in [-0.1, -0.05) is 36.4 Å². The Morgan fingerprint density at radius 3 is 2.47 bits per heavy atom. The zero-order valence-corrected chi connectivity index (χ0v) is 11.2. The molecule has 0 aliphatic rings. The number of nitrogens with one attached hydrogen (secondary N) is 2. The second-order valence-electron chi connectivity index (χ2n) is 4.04. The smallest absolute Gasteiger partial charge is 0.322 e. The molecule has 4 nitrogen and oxygen atoms in total. The Kier molecular flexibility index (Phi) is 4.30. The van der Waals surface area contributed by atoms with Gasteiger partial charge in [-0.3, -0.25) is 10.1 Å². The second-order valence-corrected chi connectivity index (χ2v) is 4.98. The van der Waals surface area contributed by atoms with Gasteiger partial charge in [-0.2, -0.15) is 0 Å². The van der Waals surface area contributed by atoms with E-state index in [0.29, 0.717) is 4.88 Å². The molecule has 0 radical (unpaired) electrons. The molecule has 0 bridgehead atoms. The van der Waals surface area contributed by atoms with Crippen molar-refractivity contribution in [2.45, 2.75) is 13.0 Å². The van der Waals surface area contributed by atoms with Crippen LogP contribution in [0.4, 0.5) is 4.79 Å². The average molecular weight is 274 g/mol. The fraction of sp³-hybridized carbons (Fsp3) is 0.143. The monoisotopic (exact) mass is 274 g/mol. The van der Waals surface area contributed by atoms with Crippen LogP contribution in [0.2, 0.25) is 0 Å². The van der Waals surface area contributed by atoms with E-state index in [1.165, 1.54) is 11.3 Å². The molecule has 5 heteroatoms. The highest BCUT2D eigenvalue weighted by molar-refractivity contribution is 7.12. The molecule has 0 aliphatic heterocycles. The maximum absolute atomic E-state index is 11.7. The Balaban J connectivity index is 1.90. The fourth-order valence-corrected chi connectivity index (χ4v) is 2.25. The molecule has 0 fully saturated rings. The number of carbonyl (C=O) groups excluding carboxylic acids is 2. The first-order valence-electron chi connectivity index (χ1n) is 5.87. The average Bonchev–Trinajstić information content (AvgIpc) is 2.93. The molecule has 19 heavy (non-hydrogen) atoms. The maximum atomic E-state index is 11.7. The molecule has 0 spiro atoms. The van der Waals surface area contributed by atoms with Gasteiger partial charge in [0.15, 0.2) is 0 Å². The van der Waals surface area contributed by atoms with Crippen molar-refractivity contribution in [3.05, 3.63) is 58.3 Å². The van der Waals surface area contributed by atoms with Gasteiger partial charge < -0.3 is 5.32 Å². The molecule has 0 saturated heterocycles.